The quantitative estimate of drug-likeness (QED) is 0.727. The lowest BCUT2D eigenvalue weighted by molar-refractivity contribution is 0.478. The van der Waals surface area contributed by atoms with Gasteiger partial charge >= 0.3 is 0 Å². The lowest BCUT2D eigenvalue weighted by atomic mass is 9.89. The van der Waals surface area contributed by atoms with Crippen molar-refractivity contribution in [2.75, 3.05) is 11.4 Å². The van der Waals surface area contributed by atoms with Gasteiger partial charge in [-0.2, -0.15) is 0 Å². The van der Waals surface area contributed by atoms with Crippen LogP contribution >= 0.6 is 11.6 Å². The van der Waals surface area contributed by atoms with E-state index < -0.39 is 0 Å². The maximum Gasteiger partial charge on any atom is 0.125 e. The molecule has 0 aromatic heterocycles. The van der Waals surface area contributed by atoms with Crippen molar-refractivity contribution in [2.24, 2.45) is 0 Å². The molecular formula is C20H26ClNO. The van der Waals surface area contributed by atoms with E-state index in [4.69, 9.17) is 11.6 Å². The molecule has 0 saturated carbocycles. The molecular weight excluding hydrogens is 306 g/mol. The number of phenols is 1. The average Bonchev–Trinajstić information content (AvgIpc) is 2.86. The van der Waals surface area contributed by atoms with Gasteiger partial charge in [-0.25, -0.2) is 0 Å². The Hall–Kier alpha value is -1.41. The molecule has 124 valence electrons. The predicted molar refractivity (Wildman–Crippen MR) is 100 cm³/mol. The third kappa shape index (κ3) is 2.57. The summed E-state index contributed by atoms with van der Waals surface area (Å²) in [7, 11) is 0. The number of phenolic OH excluding ortho intramolecular Hbond substituents is 1. The van der Waals surface area contributed by atoms with Crippen LogP contribution in [0.3, 0.4) is 0 Å². The van der Waals surface area contributed by atoms with E-state index >= 15 is 0 Å². The summed E-state index contributed by atoms with van der Waals surface area (Å²) in [6, 6.07) is 8.06. The van der Waals surface area contributed by atoms with Crippen LogP contribution in [0.5, 0.6) is 5.75 Å². The topological polar surface area (TPSA) is 23.5 Å². The van der Waals surface area contributed by atoms with Crippen molar-refractivity contribution >= 4 is 28.1 Å². The summed E-state index contributed by atoms with van der Waals surface area (Å²) in [5.74, 6) is 0.653. The summed E-state index contributed by atoms with van der Waals surface area (Å²) in [4.78, 5) is 2.39. The van der Waals surface area contributed by atoms with E-state index in [-0.39, 0.29) is 10.9 Å². The van der Waals surface area contributed by atoms with Crippen molar-refractivity contribution in [1.29, 1.82) is 0 Å². The standard InChI is InChI=1S/C20H26ClNO/c1-6-15(21)14-11-22(20(3,4)5)16-10-17(23)13-9-7-8-12(2)18(13)19(14)16/h7-10,14-15,23H,6,11H2,1-5H3/t14-,15+/m0/s1. The number of benzene rings is 2. The van der Waals surface area contributed by atoms with E-state index in [0.717, 1.165) is 24.0 Å². The van der Waals surface area contributed by atoms with Crippen LogP contribution in [0.25, 0.3) is 10.8 Å². The maximum absolute atomic E-state index is 10.6. The Morgan fingerprint density at radius 1 is 1.35 bits per heavy atom. The van der Waals surface area contributed by atoms with E-state index in [1.165, 1.54) is 16.5 Å². The number of nitrogens with zero attached hydrogens (tertiary/aromatic N) is 1. The van der Waals surface area contributed by atoms with Gasteiger partial charge in [0.15, 0.2) is 0 Å². The monoisotopic (exact) mass is 331 g/mol. The predicted octanol–water partition coefficient (Wildman–Crippen LogP) is 5.57. The number of aryl methyl sites for hydroxylation is 1. The summed E-state index contributed by atoms with van der Waals surface area (Å²) in [6.45, 7) is 11.8. The lowest BCUT2D eigenvalue weighted by Gasteiger charge is -2.35. The third-order valence-corrected chi connectivity index (χ3v) is 5.66. The molecule has 0 amide bonds. The summed E-state index contributed by atoms with van der Waals surface area (Å²) < 4.78 is 0. The SMILES string of the molecule is CC[C@@H](Cl)[C@@H]1CN(C(C)(C)C)c2cc(O)c3cccc(C)c3c21. The number of hydrogen-bond donors (Lipinski definition) is 1. The number of anilines is 1. The Morgan fingerprint density at radius 3 is 2.65 bits per heavy atom. The van der Waals surface area contributed by atoms with Crippen molar-refractivity contribution in [3.63, 3.8) is 0 Å². The van der Waals surface area contributed by atoms with Crippen LogP contribution in [0.4, 0.5) is 5.69 Å². The number of aromatic hydroxyl groups is 1. The van der Waals surface area contributed by atoms with Gasteiger partial charge in [0.2, 0.25) is 0 Å². The third-order valence-electron chi connectivity index (χ3n) is 5.04. The van der Waals surface area contributed by atoms with Crippen LogP contribution in [-0.2, 0) is 0 Å². The highest BCUT2D eigenvalue weighted by molar-refractivity contribution is 6.21. The van der Waals surface area contributed by atoms with Crippen molar-refractivity contribution in [3.8, 4) is 5.75 Å². The fraction of sp³-hybridized carbons (Fsp3) is 0.500. The van der Waals surface area contributed by atoms with E-state index in [2.05, 4.69) is 45.6 Å². The summed E-state index contributed by atoms with van der Waals surface area (Å²) in [5.41, 5.74) is 3.65. The highest BCUT2D eigenvalue weighted by atomic mass is 35.5. The van der Waals surface area contributed by atoms with Crippen LogP contribution < -0.4 is 4.90 Å². The molecule has 23 heavy (non-hydrogen) atoms. The highest BCUT2D eigenvalue weighted by Gasteiger charge is 2.39. The van der Waals surface area contributed by atoms with Gasteiger partial charge in [-0.05, 0) is 50.6 Å². The lowest BCUT2D eigenvalue weighted by Crippen LogP contribution is -2.41. The highest BCUT2D eigenvalue weighted by Crippen LogP contribution is 2.50. The van der Waals surface area contributed by atoms with Crippen molar-refractivity contribution in [2.45, 2.75) is 57.9 Å². The van der Waals surface area contributed by atoms with E-state index in [1.807, 2.05) is 18.2 Å². The number of hydrogen-bond acceptors (Lipinski definition) is 2. The van der Waals surface area contributed by atoms with Crippen LogP contribution in [0.15, 0.2) is 24.3 Å². The van der Waals surface area contributed by atoms with Crippen LogP contribution in [0.2, 0.25) is 0 Å². The first-order valence-corrected chi connectivity index (χ1v) is 8.86. The van der Waals surface area contributed by atoms with Crippen molar-refractivity contribution in [1.82, 2.24) is 0 Å². The maximum atomic E-state index is 10.6. The minimum absolute atomic E-state index is 0.00332. The van der Waals surface area contributed by atoms with E-state index in [0.29, 0.717) is 11.7 Å². The zero-order valence-electron chi connectivity index (χ0n) is 14.7. The summed E-state index contributed by atoms with van der Waals surface area (Å²) in [5, 5.41) is 12.8. The summed E-state index contributed by atoms with van der Waals surface area (Å²) >= 11 is 6.72. The molecule has 0 saturated heterocycles. The van der Waals surface area contributed by atoms with Gasteiger partial charge < -0.3 is 10.0 Å². The largest absolute Gasteiger partial charge is 0.507 e. The molecule has 2 nitrogen and oxygen atoms in total. The number of fused-ring (bicyclic) bond motifs is 3. The second-order valence-corrected chi connectivity index (χ2v) is 8.20. The van der Waals surface area contributed by atoms with Crippen molar-refractivity contribution in [3.05, 3.63) is 35.4 Å². The fourth-order valence-corrected chi connectivity index (χ4v) is 4.06. The minimum Gasteiger partial charge on any atom is -0.507 e. The Labute approximate surface area is 144 Å². The zero-order valence-corrected chi connectivity index (χ0v) is 15.4. The molecule has 2 aromatic carbocycles. The molecule has 0 fully saturated rings. The summed E-state index contributed by atoms with van der Waals surface area (Å²) in [6.07, 6.45) is 0.942. The molecule has 2 aromatic rings. The molecule has 1 N–H and O–H groups in total. The molecule has 3 rings (SSSR count). The van der Waals surface area contributed by atoms with E-state index in [9.17, 15) is 5.11 Å². The first-order chi connectivity index (χ1) is 10.8. The van der Waals surface area contributed by atoms with Gasteiger partial charge in [-0.3, -0.25) is 0 Å². The van der Waals surface area contributed by atoms with Gasteiger partial charge in [0.25, 0.3) is 0 Å². The fourth-order valence-electron chi connectivity index (χ4n) is 3.85. The Bertz CT molecular complexity index is 747. The molecule has 1 aliphatic heterocycles. The van der Waals surface area contributed by atoms with Gasteiger partial charge in [-0.15, -0.1) is 11.6 Å². The Kier molecular flexibility index (Phi) is 4.00. The van der Waals surface area contributed by atoms with Gasteiger partial charge in [-0.1, -0.05) is 25.1 Å². The van der Waals surface area contributed by atoms with Gasteiger partial charge in [0, 0.05) is 40.5 Å². The molecule has 2 atom stereocenters. The minimum atomic E-state index is -0.00332. The normalized spacial score (nSPS) is 19.2. The van der Waals surface area contributed by atoms with Gasteiger partial charge in [0.05, 0.1) is 0 Å². The Morgan fingerprint density at radius 2 is 2.04 bits per heavy atom. The van der Waals surface area contributed by atoms with E-state index in [1.54, 1.807) is 0 Å². The van der Waals surface area contributed by atoms with Crippen LogP contribution in [0.1, 0.15) is 51.2 Å². The second kappa shape index (κ2) is 5.59. The number of alkyl halides is 1. The zero-order chi connectivity index (χ0) is 16.9. The smallest absolute Gasteiger partial charge is 0.125 e. The van der Waals surface area contributed by atoms with Crippen molar-refractivity contribution < 1.29 is 5.11 Å². The first kappa shape index (κ1) is 16.4. The molecule has 0 unspecified atom stereocenters. The van der Waals surface area contributed by atoms with Crippen LogP contribution in [0, 0.1) is 6.92 Å². The van der Waals surface area contributed by atoms with Crippen LogP contribution in [-0.4, -0.2) is 22.6 Å². The first-order valence-electron chi connectivity index (χ1n) is 8.42. The van der Waals surface area contributed by atoms with Gasteiger partial charge in [0.1, 0.15) is 5.75 Å². The number of rotatable bonds is 2. The molecule has 0 bridgehead atoms. The molecule has 0 aliphatic carbocycles. The molecule has 1 heterocycles. The Balaban J connectivity index is 2.35. The average molecular weight is 332 g/mol. The number of halogens is 1. The molecule has 0 radical (unpaired) electrons. The second-order valence-electron chi connectivity index (χ2n) is 7.64. The molecule has 3 heteroatoms. The molecule has 0 spiro atoms. The molecule has 1 aliphatic rings.